The molecule has 53 heavy (non-hydrogen) atoms. The highest BCUT2D eigenvalue weighted by Gasteiger charge is 2.51. The topological polar surface area (TPSA) is 38.7 Å². The standard InChI is InChI=1S/C50H31N3/c1-2-12-32(13-3-1)33-23-25-34(26-24-33)46-31-47(41-19-10-14-35-15-11-29-51-48(35)41)53-49(52-46)36-27-28-40-39-18-6-9-22-44(39)50(45(40)30-36)42-20-7-4-16-37(42)38-17-5-8-21-43(38)50/h1-31H. The summed E-state index contributed by atoms with van der Waals surface area (Å²) in [7, 11) is 0. The molecule has 3 nitrogen and oxygen atoms in total. The number of rotatable bonds is 4. The molecule has 2 aromatic heterocycles. The van der Waals surface area contributed by atoms with E-state index in [1.54, 1.807) is 0 Å². The number of aromatic nitrogens is 3. The lowest BCUT2D eigenvalue weighted by molar-refractivity contribution is 0.794. The lowest BCUT2D eigenvalue weighted by Gasteiger charge is -2.30. The summed E-state index contributed by atoms with van der Waals surface area (Å²) >= 11 is 0. The Morgan fingerprint density at radius 3 is 1.57 bits per heavy atom. The molecular weight excluding hydrogens is 643 g/mol. The van der Waals surface area contributed by atoms with Crippen LogP contribution in [-0.2, 0) is 5.41 Å². The molecule has 0 atom stereocenters. The molecule has 11 rings (SSSR count). The number of benzene rings is 7. The average molecular weight is 674 g/mol. The fourth-order valence-electron chi connectivity index (χ4n) is 8.87. The molecule has 7 aromatic carbocycles. The molecule has 0 amide bonds. The quantitative estimate of drug-likeness (QED) is 0.187. The van der Waals surface area contributed by atoms with Crippen molar-refractivity contribution in [2.45, 2.75) is 5.41 Å². The molecule has 0 fully saturated rings. The van der Waals surface area contributed by atoms with E-state index < -0.39 is 5.41 Å². The monoisotopic (exact) mass is 673 g/mol. The van der Waals surface area contributed by atoms with Crippen molar-refractivity contribution >= 4 is 10.9 Å². The zero-order valence-electron chi connectivity index (χ0n) is 28.7. The van der Waals surface area contributed by atoms with Gasteiger partial charge in [-0.3, -0.25) is 4.98 Å². The first kappa shape index (κ1) is 29.7. The van der Waals surface area contributed by atoms with Crippen LogP contribution in [0, 0.1) is 0 Å². The number of nitrogens with zero attached hydrogens (tertiary/aromatic N) is 3. The van der Waals surface area contributed by atoms with Gasteiger partial charge in [-0.2, -0.15) is 0 Å². The zero-order valence-corrected chi connectivity index (χ0v) is 28.7. The minimum atomic E-state index is -0.442. The fourth-order valence-corrected chi connectivity index (χ4v) is 8.87. The van der Waals surface area contributed by atoms with Gasteiger partial charge in [-0.15, -0.1) is 0 Å². The predicted octanol–water partition coefficient (Wildman–Crippen LogP) is 12.0. The van der Waals surface area contributed by atoms with Gasteiger partial charge in [-0.05, 0) is 73.8 Å². The maximum absolute atomic E-state index is 5.34. The molecule has 0 bridgehead atoms. The van der Waals surface area contributed by atoms with Crippen molar-refractivity contribution in [2.75, 3.05) is 0 Å². The Morgan fingerprint density at radius 1 is 0.340 bits per heavy atom. The molecule has 3 heteroatoms. The van der Waals surface area contributed by atoms with Crippen LogP contribution in [0.1, 0.15) is 22.3 Å². The summed E-state index contributed by atoms with van der Waals surface area (Å²) < 4.78 is 0. The smallest absolute Gasteiger partial charge is 0.160 e. The van der Waals surface area contributed by atoms with Crippen LogP contribution in [0.2, 0.25) is 0 Å². The maximum atomic E-state index is 5.34. The second-order valence-electron chi connectivity index (χ2n) is 13.9. The summed E-state index contributed by atoms with van der Waals surface area (Å²) in [5.74, 6) is 0.686. The van der Waals surface area contributed by atoms with Gasteiger partial charge in [-0.25, -0.2) is 9.97 Å². The average Bonchev–Trinajstić information content (AvgIpc) is 3.71. The van der Waals surface area contributed by atoms with Crippen molar-refractivity contribution in [3.63, 3.8) is 0 Å². The lowest BCUT2D eigenvalue weighted by atomic mass is 9.70. The predicted molar refractivity (Wildman–Crippen MR) is 215 cm³/mol. The third-order valence-electron chi connectivity index (χ3n) is 11.2. The Balaban J connectivity index is 1.14. The van der Waals surface area contributed by atoms with E-state index in [-0.39, 0.29) is 0 Å². The molecule has 2 aliphatic carbocycles. The molecule has 0 saturated heterocycles. The van der Waals surface area contributed by atoms with Crippen LogP contribution in [0.15, 0.2) is 188 Å². The van der Waals surface area contributed by atoms with E-state index >= 15 is 0 Å². The largest absolute Gasteiger partial charge is 0.256 e. The minimum absolute atomic E-state index is 0.442. The maximum Gasteiger partial charge on any atom is 0.160 e. The van der Waals surface area contributed by atoms with Crippen LogP contribution in [0.5, 0.6) is 0 Å². The highest BCUT2D eigenvalue weighted by Crippen LogP contribution is 2.63. The SMILES string of the molecule is c1ccc(-c2ccc(-c3cc(-c4cccc5cccnc45)nc(-c4ccc5c(c4)C4(c6ccccc6-c6ccccc64)c4ccccc4-5)n3)cc2)cc1. The molecule has 0 radical (unpaired) electrons. The number of fused-ring (bicyclic) bond motifs is 11. The molecule has 0 saturated carbocycles. The molecule has 246 valence electrons. The molecule has 0 aliphatic heterocycles. The van der Waals surface area contributed by atoms with Gasteiger partial charge in [0.2, 0.25) is 0 Å². The van der Waals surface area contributed by atoms with Gasteiger partial charge in [0.1, 0.15) is 0 Å². The highest BCUT2D eigenvalue weighted by molar-refractivity contribution is 5.96. The molecule has 2 aliphatic rings. The molecule has 0 N–H and O–H groups in total. The molecular formula is C50H31N3. The first-order valence-corrected chi connectivity index (χ1v) is 18.1. The van der Waals surface area contributed by atoms with Crippen LogP contribution in [0.25, 0.3) is 78.2 Å². The van der Waals surface area contributed by atoms with Crippen molar-refractivity contribution < 1.29 is 0 Å². The van der Waals surface area contributed by atoms with E-state index in [1.165, 1.54) is 55.6 Å². The van der Waals surface area contributed by atoms with Crippen LogP contribution in [0.4, 0.5) is 0 Å². The highest BCUT2D eigenvalue weighted by atomic mass is 14.9. The summed E-state index contributed by atoms with van der Waals surface area (Å²) in [6, 6.07) is 65.3. The summed E-state index contributed by atoms with van der Waals surface area (Å²) in [6.07, 6.45) is 1.85. The first-order chi connectivity index (χ1) is 26.3. The van der Waals surface area contributed by atoms with Crippen molar-refractivity contribution in [2.24, 2.45) is 0 Å². The normalized spacial score (nSPS) is 13.1. The summed E-state index contributed by atoms with van der Waals surface area (Å²) in [5.41, 5.74) is 17.9. The van der Waals surface area contributed by atoms with Crippen molar-refractivity contribution in [3.8, 4) is 67.3 Å². The van der Waals surface area contributed by atoms with Gasteiger partial charge in [0.05, 0.1) is 22.3 Å². The summed E-state index contributed by atoms with van der Waals surface area (Å²) in [4.78, 5) is 15.5. The van der Waals surface area contributed by atoms with Crippen molar-refractivity contribution in [3.05, 3.63) is 210 Å². The Labute approximate surface area is 308 Å². The van der Waals surface area contributed by atoms with E-state index in [4.69, 9.17) is 15.0 Å². The van der Waals surface area contributed by atoms with Crippen LogP contribution >= 0.6 is 0 Å². The Morgan fingerprint density at radius 2 is 0.868 bits per heavy atom. The summed E-state index contributed by atoms with van der Waals surface area (Å²) in [5, 5.41) is 1.08. The van der Waals surface area contributed by atoms with Gasteiger partial charge in [0.25, 0.3) is 0 Å². The van der Waals surface area contributed by atoms with E-state index in [1.807, 2.05) is 18.3 Å². The van der Waals surface area contributed by atoms with Gasteiger partial charge in [0.15, 0.2) is 5.82 Å². The van der Waals surface area contributed by atoms with E-state index in [0.29, 0.717) is 5.82 Å². The third-order valence-corrected chi connectivity index (χ3v) is 11.2. The third kappa shape index (κ3) is 4.38. The van der Waals surface area contributed by atoms with E-state index in [2.05, 4.69) is 170 Å². The van der Waals surface area contributed by atoms with Gasteiger partial charge in [-0.1, -0.05) is 164 Å². The van der Waals surface area contributed by atoms with Crippen molar-refractivity contribution in [1.29, 1.82) is 0 Å². The molecule has 9 aromatic rings. The van der Waals surface area contributed by atoms with Gasteiger partial charge >= 0.3 is 0 Å². The van der Waals surface area contributed by atoms with Crippen LogP contribution in [-0.4, -0.2) is 15.0 Å². The second-order valence-corrected chi connectivity index (χ2v) is 13.9. The Kier molecular flexibility index (Phi) is 6.47. The van der Waals surface area contributed by atoms with E-state index in [0.717, 1.165) is 39.0 Å². The Bertz CT molecular complexity index is 2820. The molecule has 1 spiro atoms. The number of hydrogen-bond acceptors (Lipinski definition) is 3. The van der Waals surface area contributed by atoms with Gasteiger partial charge in [0, 0.05) is 28.3 Å². The fraction of sp³-hybridized carbons (Fsp3) is 0.0200. The first-order valence-electron chi connectivity index (χ1n) is 18.1. The second kappa shape index (κ2) is 11.5. The Hall–Kier alpha value is -6.97. The number of pyridine rings is 1. The van der Waals surface area contributed by atoms with Crippen LogP contribution in [0.3, 0.4) is 0 Å². The minimum Gasteiger partial charge on any atom is -0.256 e. The van der Waals surface area contributed by atoms with Crippen LogP contribution < -0.4 is 0 Å². The summed E-state index contributed by atoms with van der Waals surface area (Å²) in [6.45, 7) is 0. The molecule has 2 heterocycles. The number of para-hydroxylation sites is 1. The van der Waals surface area contributed by atoms with Crippen molar-refractivity contribution in [1.82, 2.24) is 15.0 Å². The van der Waals surface area contributed by atoms with E-state index in [9.17, 15) is 0 Å². The van der Waals surface area contributed by atoms with Gasteiger partial charge < -0.3 is 0 Å². The lowest BCUT2D eigenvalue weighted by Crippen LogP contribution is -2.25. The zero-order chi connectivity index (χ0) is 34.9. The number of hydrogen-bond donors (Lipinski definition) is 0. The molecule has 0 unspecified atom stereocenters.